The molecule has 0 fully saturated rings. The second-order valence-electron chi connectivity index (χ2n) is 10.1. The van der Waals surface area contributed by atoms with Crippen molar-refractivity contribution in [3.8, 4) is 0 Å². The molecule has 5 rings (SSSR count). The van der Waals surface area contributed by atoms with E-state index in [0.29, 0.717) is 12.5 Å². The summed E-state index contributed by atoms with van der Waals surface area (Å²) in [5.74, 6) is 1.59. The van der Waals surface area contributed by atoms with Gasteiger partial charge >= 0.3 is 0 Å². The molecule has 0 saturated heterocycles. The Balaban J connectivity index is 1.37. The van der Waals surface area contributed by atoms with Crippen LogP contribution in [0.5, 0.6) is 0 Å². The van der Waals surface area contributed by atoms with Gasteiger partial charge in [0.2, 0.25) is 0 Å². The summed E-state index contributed by atoms with van der Waals surface area (Å²) < 4.78 is 8.40. The maximum atomic E-state index is 11.0. The van der Waals surface area contributed by atoms with Crippen LogP contribution in [0.2, 0.25) is 0 Å². The first-order chi connectivity index (χ1) is 15.9. The van der Waals surface area contributed by atoms with E-state index in [2.05, 4.69) is 86.1 Å². The van der Waals surface area contributed by atoms with Crippen LogP contribution in [-0.2, 0) is 24.1 Å². The summed E-state index contributed by atoms with van der Waals surface area (Å²) in [6.07, 6.45) is 4.73. The van der Waals surface area contributed by atoms with Gasteiger partial charge in [0.15, 0.2) is 0 Å². The van der Waals surface area contributed by atoms with Crippen LogP contribution in [0, 0.1) is 25.7 Å². The average molecular weight is 445 g/mol. The molecule has 1 aliphatic carbocycles. The predicted octanol–water partition coefficient (Wildman–Crippen LogP) is 5.26. The van der Waals surface area contributed by atoms with Crippen LogP contribution in [-0.4, -0.2) is 28.6 Å². The summed E-state index contributed by atoms with van der Waals surface area (Å²) in [7, 11) is 0. The van der Waals surface area contributed by atoms with Crippen molar-refractivity contribution in [1.82, 2.24) is 9.88 Å². The van der Waals surface area contributed by atoms with Crippen molar-refractivity contribution in [2.24, 2.45) is 11.8 Å². The van der Waals surface area contributed by atoms with Gasteiger partial charge in [-0.25, -0.2) is 0 Å². The number of hydrogen-bond donors (Lipinski definition) is 2. The molecule has 0 radical (unpaired) electrons. The summed E-state index contributed by atoms with van der Waals surface area (Å²) in [4.78, 5) is 0. The Morgan fingerprint density at radius 2 is 1.97 bits per heavy atom. The van der Waals surface area contributed by atoms with E-state index in [0.717, 1.165) is 31.6 Å². The topological polar surface area (TPSA) is 46.4 Å². The molecule has 4 atom stereocenters. The second kappa shape index (κ2) is 9.00. The van der Waals surface area contributed by atoms with Gasteiger partial charge in [0, 0.05) is 35.0 Å². The van der Waals surface area contributed by atoms with Crippen LogP contribution in [0.3, 0.4) is 0 Å². The van der Waals surface area contributed by atoms with Gasteiger partial charge in [-0.15, -0.1) is 0 Å². The van der Waals surface area contributed by atoms with Gasteiger partial charge in [0.25, 0.3) is 0 Å². The molecule has 4 unspecified atom stereocenters. The number of rotatable bonds is 6. The van der Waals surface area contributed by atoms with Crippen LogP contribution in [0.15, 0.2) is 54.3 Å². The minimum absolute atomic E-state index is 0.203. The molecule has 2 aromatic carbocycles. The fourth-order valence-electron chi connectivity index (χ4n) is 5.51. The fraction of sp³-hybridized carbons (Fsp3) is 0.448. The Hall–Kier alpha value is -2.56. The number of nitrogens with one attached hydrogen (secondary N) is 1. The van der Waals surface area contributed by atoms with Crippen molar-refractivity contribution >= 4 is 10.9 Å². The van der Waals surface area contributed by atoms with Crippen LogP contribution in [0.1, 0.15) is 48.2 Å². The number of aryl methyl sites for hydroxylation is 2. The standard InChI is InChI=1S/C29H36N2O2/c1-18-9-10-19(2)23(13-18)17-31-27-8-6-5-7-25(27)26-15-22(11-12-28(26)31)29(32)30-16-24-14-20(3)21(4)33-24/h5-10,13-14,20-22,29-30,32H,11-12,15-17H2,1-4H3. The molecule has 33 heavy (non-hydrogen) atoms. The lowest BCUT2D eigenvalue weighted by Crippen LogP contribution is -2.40. The van der Waals surface area contributed by atoms with Gasteiger partial charge < -0.3 is 14.4 Å². The highest BCUT2D eigenvalue weighted by Crippen LogP contribution is 2.36. The van der Waals surface area contributed by atoms with Gasteiger partial charge in [-0.3, -0.25) is 5.32 Å². The van der Waals surface area contributed by atoms with Crippen LogP contribution in [0.4, 0.5) is 0 Å². The lowest BCUT2D eigenvalue weighted by molar-refractivity contribution is 0.0605. The highest BCUT2D eigenvalue weighted by molar-refractivity contribution is 5.86. The summed E-state index contributed by atoms with van der Waals surface area (Å²) in [5, 5.41) is 15.6. The number of para-hydroxylation sites is 1. The van der Waals surface area contributed by atoms with Crippen molar-refractivity contribution in [3.05, 3.63) is 82.2 Å². The Kier molecular flexibility index (Phi) is 6.07. The lowest BCUT2D eigenvalue weighted by atomic mass is 9.85. The Morgan fingerprint density at radius 3 is 2.76 bits per heavy atom. The van der Waals surface area contributed by atoms with Gasteiger partial charge in [0.05, 0.1) is 6.54 Å². The molecule has 2 heterocycles. The minimum atomic E-state index is -0.532. The normalized spacial score (nSPS) is 23.3. The summed E-state index contributed by atoms with van der Waals surface area (Å²) >= 11 is 0. The monoisotopic (exact) mass is 444 g/mol. The summed E-state index contributed by atoms with van der Waals surface area (Å²) in [6.45, 7) is 10.1. The number of fused-ring (bicyclic) bond motifs is 3. The number of aliphatic hydroxyl groups excluding tert-OH is 1. The first-order valence-corrected chi connectivity index (χ1v) is 12.3. The number of aliphatic hydroxyl groups is 1. The van der Waals surface area contributed by atoms with E-state index in [-0.39, 0.29) is 12.0 Å². The largest absolute Gasteiger partial charge is 0.493 e. The van der Waals surface area contributed by atoms with E-state index in [1.165, 1.54) is 38.9 Å². The third-order valence-corrected chi connectivity index (χ3v) is 7.70. The molecule has 2 aliphatic rings. The van der Waals surface area contributed by atoms with E-state index in [1.54, 1.807) is 0 Å². The van der Waals surface area contributed by atoms with Crippen molar-refractivity contribution in [2.75, 3.05) is 6.54 Å². The molecule has 174 valence electrons. The number of ether oxygens (including phenoxy) is 1. The molecular formula is C29H36N2O2. The minimum Gasteiger partial charge on any atom is -0.493 e. The smallest absolute Gasteiger partial charge is 0.108 e. The SMILES string of the molecule is Cc1ccc(C)c(Cn2c3c(c4ccccc42)CC(C(O)NCC2=CC(C)C(C)O2)CC3)c1. The molecule has 0 amide bonds. The highest BCUT2D eigenvalue weighted by atomic mass is 16.5. The maximum absolute atomic E-state index is 11.0. The van der Waals surface area contributed by atoms with E-state index in [4.69, 9.17) is 4.74 Å². The quantitative estimate of drug-likeness (QED) is 0.510. The third-order valence-electron chi connectivity index (χ3n) is 7.70. The van der Waals surface area contributed by atoms with Gasteiger partial charge in [-0.05, 0) is 68.9 Å². The van der Waals surface area contributed by atoms with E-state index in [1.807, 2.05) is 0 Å². The van der Waals surface area contributed by atoms with E-state index in [9.17, 15) is 5.11 Å². The maximum Gasteiger partial charge on any atom is 0.108 e. The molecule has 0 bridgehead atoms. The van der Waals surface area contributed by atoms with E-state index >= 15 is 0 Å². The zero-order valence-electron chi connectivity index (χ0n) is 20.3. The predicted molar refractivity (Wildman–Crippen MR) is 134 cm³/mol. The van der Waals surface area contributed by atoms with E-state index < -0.39 is 6.23 Å². The first kappa shape index (κ1) is 22.2. The molecule has 3 aromatic rings. The Morgan fingerprint density at radius 1 is 1.15 bits per heavy atom. The number of hydrogen-bond acceptors (Lipinski definition) is 3. The highest BCUT2D eigenvalue weighted by Gasteiger charge is 2.30. The molecule has 0 spiro atoms. The Bertz CT molecular complexity index is 1190. The van der Waals surface area contributed by atoms with Crippen molar-refractivity contribution in [2.45, 2.75) is 65.8 Å². The Labute approximate surface area is 197 Å². The zero-order chi connectivity index (χ0) is 23.1. The molecule has 4 nitrogen and oxygen atoms in total. The summed E-state index contributed by atoms with van der Waals surface area (Å²) in [5.41, 5.74) is 8.18. The molecule has 0 saturated carbocycles. The number of aromatic nitrogens is 1. The molecule has 1 aliphatic heterocycles. The van der Waals surface area contributed by atoms with Crippen LogP contribution < -0.4 is 5.32 Å². The fourth-order valence-corrected chi connectivity index (χ4v) is 5.51. The van der Waals surface area contributed by atoms with Gasteiger partial charge in [0.1, 0.15) is 18.1 Å². The summed E-state index contributed by atoms with van der Waals surface area (Å²) in [6, 6.07) is 15.5. The second-order valence-corrected chi connectivity index (χ2v) is 10.1. The molecule has 1 aromatic heterocycles. The van der Waals surface area contributed by atoms with Crippen LogP contribution >= 0.6 is 0 Å². The van der Waals surface area contributed by atoms with Crippen molar-refractivity contribution in [1.29, 1.82) is 0 Å². The third kappa shape index (κ3) is 4.34. The van der Waals surface area contributed by atoms with Gasteiger partial charge in [-0.2, -0.15) is 0 Å². The molecule has 4 heteroatoms. The first-order valence-electron chi connectivity index (χ1n) is 12.3. The van der Waals surface area contributed by atoms with Crippen molar-refractivity contribution < 1.29 is 9.84 Å². The average Bonchev–Trinajstić information content (AvgIpc) is 3.30. The lowest BCUT2D eigenvalue weighted by Gasteiger charge is -2.29. The van der Waals surface area contributed by atoms with Crippen LogP contribution in [0.25, 0.3) is 10.9 Å². The molecule has 2 N–H and O–H groups in total. The molecular weight excluding hydrogens is 408 g/mol. The zero-order valence-corrected chi connectivity index (χ0v) is 20.3. The number of benzene rings is 2. The van der Waals surface area contributed by atoms with Gasteiger partial charge in [-0.1, -0.05) is 48.9 Å². The van der Waals surface area contributed by atoms with Crippen molar-refractivity contribution in [3.63, 3.8) is 0 Å². The number of nitrogens with zero attached hydrogens (tertiary/aromatic N) is 1.